The summed E-state index contributed by atoms with van der Waals surface area (Å²) < 4.78 is 13.6. The summed E-state index contributed by atoms with van der Waals surface area (Å²) in [5.74, 6) is -0.313. The van der Waals surface area contributed by atoms with E-state index in [0.717, 1.165) is 10.0 Å². The Hall–Kier alpha value is -1.57. The van der Waals surface area contributed by atoms with E-state index in [4.69, 9.17) is 11.6 Å². The van der Waals surface area contributed by atoms with Crippen molar-refractivity contribution in [1.82, 2.24) is 0 Å². The summed E-state index contributed by atoms with van der Waals surface area (Å²) in [6.45, 7) is 0. The number of halogens is 3. The van der Waals surface area contributed by atoms with Gasteiger partial charge in [0.15, 0.2) is 0 Å². The second-order valence-corrected chi connectivity index (χ2v) is 5.17. The summed E-state index contributed by atoms with van der Waals surface area (Å²) in [6.07, 6.45) is 0. The number of anilines is 1. The van der Waals surface area contributed by atoms with Crippen LogP contribution in [0, 0.1) is 17.1 Å². The number of rotatable bonds is 3. The molecule has 0 aliphatic carbocycles. The van der Waals surface area contributed by atoms with Gasteiger partial charge in [0.2, 0.25) is 0 Å². The van der Waals surface area contributed by atoms with Crippen molar-refractivity contribution in [3.8, 4) is 6.07 Å². The van der Waals surface area contributed by atoms with Crippen molar-refractivity contribution in [2.75, 3.05) is 5.32 Å². The van der Waals surface area contributed by atoms with Crippen molar-refractivity contribution in [2.24, 2.45) is 0 Å². The molecule has 1 N–H and O–H groups in total. The normalized spacial score (nSPS) is 11.7. The molecule has 0 spiro atoms. The quantitative estimate of drug-likeness (QED) is 0.861. The maximum atomic E-state index is 12.8. The van der Waals surface area contributed by atoms with Gasteiger partial charge in [-0.3, -0.25) is 0 Å². The van der Waals surface area contributed by atoms with Crippen LogP contribution in [-0.4, -0.2) is 0 Å². The third-order valence-electron chi connectivity index (χ3n) is 2.56. The number of hydrogen-bond acceptors (Lipinski definition) is 2. The van der Waals surface area contributed by atoms with Crippen LogP contribution in [-0.2, 0) is 0 Å². The van der Waals surface area contributed by atoms with Crippen molar-refractivity contribution in [2.45, 2.75) is 6.04 Å². The van der Waals surface area contributed by atoms with Crippen LogP contribution in [0.2, 0.25) is 5.02 Å². The Balaban J connectivity index is 2.25. The monoisotopic (exact) mass is 338 g/mol. The van der Waals surface area contributed by atoms with Crippen LogP contribution in [0.25, 0.3) is 0 Å². The van der Waals surface area contributed by atoms with Crippen LogP contribution in [0.15, 0.2) is 46.9 Å². The number of nitrogens with zero attached hydrogens (tertiary/aromatic N) is 1. The highest BCUT2D eigenvalue weighted by molar-refractivity contribution is 9.10. The highest BCUT2D eigenvalue weighted by atomic mass is 79.9. The highest BCUT2D eigenvalue weighted by Gasteiger charge is 2.14. The molecule has 96 valence electrons. The Morgan fingerprint density at radius 2 is 1.89 bits per heavy atom. The summed E-state index contributed by atoms with van der Waals surface area (Å²) >= 11 is 9.25. The third-order valence-corrected chi connectivity index (χ3v) is 3.48. The topological polar surface area (TPSA) is 35.8 Å². The summed E-state index contributed by atoms with van der Waals surface area (Å²) in [6, 6.07) is 12.7. The van der Waals surface area contributed by atoms with E-state index in [-0.39, 0.29) is 5.82 Å². The largest absolute Gasteiger partial charge is 0.366 e. The van der Waals surface area contributed by atoms with Crippen LogP contribution in [0.5, 0.6) is 0 Å². The highest BCUT2D eigenvalue weighted by Crippen LogP contribution is 2.28. The molecule has 0 radical (unpaired) electrons. The first-order chi connectivity index (χ1) is 9.10. The fourth-order valence-electron chi connectivity index (χ4n) is 1.63. The number of benzene rings is 2. The van der Waals surface area contributed by atoms with Gasteiger partial charge in [-0.05, 0) is 36.4 Å². The van der Waals surface area contributed by atoms with Crippen molar-refractivity contribution >= 4 is 33.2 Å². The molecule has 19 heavy (non-hydrogen) atoms. The zero-order valence-corrected chi connectivity index (χ0v) is 12.0. The van der Waals surface area contributed by atoms with Crippen LogP contribution in [0.4, 0.5) is 10.1 Å². The average Bonchev–Trinajstić information content (AvgIpc) is 2.39. The second-order valence-electron chi connectivity index (χ2n) is 3.88. The Morgan fingerprint density at radius 1 is 1.21 bits per heavy atom. The Labute approximate surface area is 123 Å². The molecule has 2 rings (SSSR count). The van der Waals surface area contributed by atoms with Crippen LogP contribution in [0.1, 0.15) is 11.6 Å². The molecular formula is C14H9BrClFN2. The minimum atomic E-state index is -0.544. The molecule has 0 saturated heterocycles. The summed E-state index contributed by atoms with van der Waals surface area (Å²) in [4.78, 5) is 0. The van der Waals surface area contributed by atoms with E-state index >= 15 is 0 Å². The standard InChI is InChI=1S/C14H9BrClFN2/c15-13-7-9(16)1-6-12(13)14(8-18)19-11-4-2-10(17)3-5-11/h1-7,14,19H. The van der Waals surface area contributed by atoms with Gasteiger partial charge in [0.25, 0.3) is 0 Å². The fourth-order valence-corrected chi connectivity index (χ4v) is 2.54. The Bertz CT molecular complexity index is 622. The lowest BCUT2D eigenvalue weighted by atomic mass is 10.1. The minimum absolute atomic E-state index is 0.313. The molecule has 0 saturated carbocycles. The molecule has 5 heteroatoms. The average molecular weight is 340 g/mol. The molecule has 0 fully saturated rings. The van der Waals surface area contributed by atoms with Crippen LogP contribution < -0.4 is 5.32 Å². The lowest BCUT2D eigenvalue weighted by molar-refractivity contribution is 0.628. The molecule has 0 aliphatic rings. The smallest absolute Gasteiger partial charge is 0.141 e. The van der Waals surface area contributed by atoms with Gasteiger partial charge in [-0.15, -0.1) is 0 Å². The first-order valence-corrected chi connectivity index (χ1v) is 6.64. The Morgan fingerprint density at radius 3 is 2.47 bits per heavy atom. The molecule has 0 aliphatic heterocycles. The number of nitriles is 1. The lowest BCUT2D eigenvalue weighted by Crippen LogP contribution is -2.09. The van der Waals surface area contributed by atoms with E-state index in [9.17, 15) is 9.65 Å². The SMILES string of the molecule is N#CC(Nc1ccc(F)cc1)c1ccc(Cl)cc1Br. The van der Waals surface area contributed by atoms with E-state index in [1.54, 1.807) is 30.3 Å². The molecule has 0 amide bonds. The molecule has 2 aromatic rings. The van der Waals surface area contributed by atoms with Crippen molar-refractivity contribution in [3.05, 3.63) is 63.3 Å². The van der Waals surface area contributed by atoms with Gasteiger partial charge in [0.1, 0.15) is 11.9 Å². The summed E-state index contributed by atoms with van der Waals surface area (Å²) in [5, 5.41) is 12.9. The van der Waals surface area contributed by atoms with E-state index in [2.05, 4.69) is 27.3 Å². The number of hydrogen-bond donors (Lipinski definition) is 1. The van der Waals surface area contributed by atoms with E-state index < -0.39 is 6.04 Å². The van der Waals surface area contributed by atoms with Gasteiger partial charge < -0.3 is 5.32 Å². The molecule has 1 atom stereocenters. The lowest BCUT2D eigenvalue weighted by Gasteiger charge is -2.15. The predicted molar refractivity (Wildman–Crippen MR) is 77.5 cm³/mol. The minimum Gasteiger partial charge on any atom is -0.366 e. The van der Waals surface area contributed by atoms with Crippen LogP contribution >= 0.6 is 27.5 Å². The Kier molecular flexibility index (Phi) is 4.41. The molecule has 2 aromatic carbocycles. The zero-order valence-electron chi connectivity index (χ0n) is 9.70. The maximum Gasteiger partial charge on any atom is 0.141 e. The fraction of sp³-hybridized carbons (Fsp3) is 0.0714. The predicted octanol–water partition coefficient (Wildman–Crippen LogP) is 4.92. The van der Waals surface area contributed by atoms with E-state index in [1.165, 1.54) is 12.1 Å². The van der Waals surface area contributed by atoms with Gasteiger partial charge in [-0.2, -0.15) is 5.26 Å². The van der Waals surface area contributed by atoms with Crippen molar-refractivity contribution < 1.29 is 4.39 Å². The molecule has 0 aromatic heterocycles. The van der Waals surface area contributed by atoms with E-state index in [0.29, 0.717) is 10.7 Å². The summed E-state index contributed by atoms with van der Waals surface area (Å²) in [5.41, 5.74) is 1.45. The summed E-state index contributed by atoms with van der Waals surface area (Å²) in [7, 11) is 0. The molecule has 1 unspecified atom stereocenters. The van der Waals surface area contributed by atoms with Crippen molar-refractivity contribution in [3.63, 3.8) is 0 Å². The third kappa shape index (κ3) is 3.46. The number of nitrogens with one attached hydrogen (secondary N) is 1. The van der Waals surface area contributed by atoms with Crippen LogP contribution in [0.3, 0.4) is 0 Å². The first kappa shape index (κ1) is 13.9. The zero-order chi connectivity index (χ0) is 13.8. The van der Waals surface area contributed by atoms with Gasteiger partial charge in [-0.1, -0.05) is 33.6 Å². The molecule has 2 nitrogen and oxygen atoms in total. The molecule has 0 bridgehead atoms. The second kappa shape index (κ2) is 6.05. The van der Waals surface area contributed by atoms with Gasteiger partial charge >= 0.3 is 0 Å². The van der Waals surface area contributed by atoms with Gasteiger partial charge in [0, 0.05) is 20.7 Å². The van der Waals surface area contributed by atoms with Crippen molar-refractivity contribution in [1.29, 1.82) is 5.26 Å². The molecule has 0 heterocycles. The van der Waals surface area contributed by atoms with E-state index in [1.807, 2.05) is 0 Å². The maximum absolute atomic E-state index is 12.8. The van der Waals surface area contributed by atoms with Gasteiger partial charge in [0.05, 0.1) is 6.07 Å². The van der Waals surface area contributed by atoms with Gasteiger partial charge in [-0.25, -0.2) is 4.39 Å². The molecular weight excluding hydrogens is 331 g/mol. The first-order valence-electron chi connectivity index (χ1n) is 5.47.